The second kappa shape index (κ2) is 8.70. The number of pyridine rings is 1. The molecule has 10 heteroatoms. The van der Waals surface area contributed by atoms with E-state index in [1.807, 2.05) is 41.8 Å². The lowest BCUT2D eigenvalue weighted by molar-refractivity contribution is -0.142. The minimum atomic E-state index is -0.694. The summed E-state index contributed by atoms with van der Waals surface area (Å²) in [6.07, 6.45) is -0.694. The summed E-state index contributed by atoms with van der Waals surface area (Å²) < 4.78 is 17.0. The summed E-state index contributed by atoms with van der Waals surface area (Å²) in [7, 11) is 0. The van der Waals surface area contributed by atoms with E-state index in [9.17, 15) is 9.59 Å². The van der Waals surface area contributed by atoms with E-state index in [4.69, 9.17) is 14.0 Å². The Hall–Kier alpha value is -3.92. The Kier molecular flexibility index (Phi) is 5.37. The van der Waals surface area contributed by atoms with Crippen LogP contribution in [-0.4, -0.2) is 70.6 Å². The summed E-state index contributed by atoms with van der Waals surface area (Å²) in [5, 5.41) is 6.61. The number of piperazine rings is 1. The zero-order valence-electron chi connectivity index (χ0n) is 19.0. The summed E-state index contributed by atoms with van der Waals surface area (Å²) in [5.74, 6) is 0.951. The van der Waals surface area contributed by atoms with Crippen LogP contribution in [0.3, 0.4) is 0 Å². The fraction of sp³-hybridized carbons (Fsp3) is 0.280. The molecule has 1 unspecified atom stereocenters. The van der Waals surface area contributed by atoms with E-state index in [0.717, 1.165) is 4.88 Å². The molecule has 0 radical (unpaired) electrons. The van der Waals surface area contributed by atoms with Gasteiger partial charge < -0.3 is 23.8 Å². The third-order valence-corrected chi connectivity index (χ3v) is 7.18. The Labute approximate surface area is 204 Å². The second-order valence-electron chi connectivity index (χ2n) is 8.46. The molecule has 1 fully saturated rings. The molecule has 2 aliphatic heterocycles. The number of benzene rings is 1. The SMILES string of the molecule is Cc1noc2nc(-c3cccs3)cc(C(=O)N3CCN(C(=O)C4COc5ccccc5O4)CC3)c12. The first kappa shape index (κ1) is 21.6. The van der Waals surface area contributed by atoms with E-state index in [2.05, 4.69) is 10.1 Å². The second-order valence-corrected chi connectivity index (χ2v) is 9.41. The quantitative estimate of drug-likeness (QED) is 0.434. The molecule has 0 spiro atoms. The Morgan fingerprint density at radius 3 is 2.57 bits per heavy atom. The zero-order valence-corrected chi connectivity index (χ0v) is 19.8. The minimum absolute atomic E-state index is 0.125. The standard InChI is InChI=1S/C25H22N4O5S/c1-15-22-16(13-17(21-7-4-12-35-21)26-23(22)34-27-15)24(30)28-8-10-29(11-9-28)25(31)20-14-32-18-5-2-3-6-19(18)33-20/h2-7,12-13,20H,8-11,14H2,1H3. The molecule has 178 valence electrons. The molecule has 9 nitrogen and oxygen atoms in total. The molecular weight excluding hydrogens is 468 g/mol. The van der Waals surface area contributed by atoms with E-state index >= 15 is 0 Å². The summed E-state index contributed by atoms with van der Waals surface area (Å²) >= 11 is 1.54. The molecule has 0 aliphatic carbocycles. The molecule has 1 aromatic carbocycles. The lowest BCUT2D eigenvalue weighted by Crippen LogP contribution is -2.55. The molecule has 2 aliphatic rings. The van der Waals surface area contributed by atoms with Gasteiger partial charge in [0.05, 0.1) is 27.2 Å². The molecule has 0 bridgehead atoms. The van der Waals surface area contributed by atoms with E-state index in [1.54, 1.807) is 34.1 Å². The monoisotopic (exact) mass is 490 g/mol. The highest BCUT2D eigenvalue weighted by atomic mass is 32.1. The van der Waals surface area contributed by atoms with Crippen LogP contribution in [0.25, 0.3) is 21.7 Å². The van der Waals surface area contributed by atoms with Crippen molar-refractivity contribution < 1.29 is 23.6 Å². The number of carbonyl (C=O) groups excluding carboxylic acids is 2. The number of thiophene rings is 1. The van der Waals surface area contributed by atoms with Crippen LogP contribution in [0.1, 0.15) is 16.1 Å². The molecular formula is C25H22N4O5S. The summed E-state index contributed by atoms with van der Waals surface area (Å²) in [5.41, 5.74) is 2.16. The fourth-order valence-electron chi connectivity index (χ4n) is 4.46. The molecule has 0 N–H and O–H groups in total. The molecule has 3 aromatic heterocycles. The van der Waals surface area contributed by atoms with Crippen molar-refractivity contribution >= 4 is 34.3 Å². The first-order valence-corrected chi connectivity index (χ1v) is 12.2. The number of hydrogen-bond donors (Lipinski definition) is 0. The molecule has 2 amide bonds. The maximum absolute atomic E-state index is 13.6. The molecule has 0 saturated carbocycles. The van der Waals surface area contributed by atoms with Crippen molar-refractivity contribution in [2.75, 3.05) is 32.8 Å². The van der Waals surface area contributed by atoms with Crippen molar-refractivity contribution in [2.24, 2.45) is 0 Å². The van der Waals surface area contributed by atoms with Gasteiger partial charge in [-0.3, -0.25) is 9.59 Å². The van der Waals surface area contributed by atoms with E-state index in [0.29, 0.717) is 65.7 Å². The number of ether oxygens (including phenoxy) is 2. The number of aryl methyl sites for hydroxylation is 1. The first-order valence-electron chi connectivity index (χ1n) is 11.4. The van der Waals surface area contributed by atoms with Crippen molar-refractivity contribution in [1.29, 1.82) is 0 Å². The number of amides is 2. The average Bonchev–Trinajstić information content (AvgIpc) is 3.58. The number of fused-ring (bicyclic) bond motifs is 2. The summed E-state index contributed by atoms with van der Waals surface area (Å²) in [6.45, 7) is 3.63. The van der Waals surface area contributed by atoms with Gasteiger partial charge in [0.25, 0.3) is 17.5 Å². The average molecular weight is 491 g/mol. The molecule has 1 atom stereocenters. The lowest BCUT2D eigenvalue weighted by Gasteiger charge is -2.37. The van der Waals surface area contributed by atoms with Crippen molar-refractivity contribution in [2.45, 2.75) is 13.0 Å². The van der Waals surface area contributed by atoms with Crippen LogP contribution < -0.4 is 9.47 Å². The number of rotatable bonds is 3. The Bertz CT molecular complexity index is 1410. The van der Waals surface area contributed by atoms with Crippen LogP contribution in [-0.2, 0) is 4.79 Å². The summed E-state index contributed by atoms with van der Waals surface area (Å²) in [4.78, 5) is 35.6. The van der Waals surface area contributed by atoms with E-state index in [-0.39, 0.29) is 18.4 Å². The first-order chi connectivity index (χ1) is 17.1. The number of carbonyl (C=O) groups is 2. The highest BCUT2D eigenvalue weighted by Crippen LogP contribution is 2.32. The molecule has 6 rings (SSSR count). The number of nitrogens with zero attached hydrogens (tertiary/aromatic N) is 4. The van der Waals surface area contributed by atoms with Gasteiger partial charge in [0.1, 0.15) is 6.61 Å². The van der Waals surface area contributed by atoms with Crippen LogP contribution >= 0.6 is 11.3 Å². The number of aromatic nitrogens is 2. The maximum atomic E-state index is 13.6. The van der Waals surface area contributed by atoms with Crippen LogP contribution in [0.15, 0.2) is 52.4 Å². The van der Waals surface area contributed by atoms with Crippen LogP contribution in [0.4, 0.5) is 0 Å². The number of hydrogen-bond acceptors (Lipinski definition) is 8. The zero-order chi connectivity index (χ0) is 23.9. The topological polar surface area (TPSA) is 98.0 Å². The van der Waals surface area contributed by atoms with Gasteiger partial charge in [-0.25, -0.2) is 4.98 Å². The lowest BCUT2D eigenvalue weighted by atomic mass is 10.1. The Morgan fingerprint density at radius 1 is 1.03 bits per heavy atom. The van der Waals surface area contributed by atoms with Gasteiger partial charge in [0.2, 0.25) is 6.10 Å². The van der Waals surface area contributed by atoms with Crippen LogP contribution in [0.5, 0.6) is 11.5 Å². The van der Waals surface area contributed by atoms with Crippen molar-refractivity contribution in [3.8, 4) is 22.1 Å². The summed E-state index contributed by atoms with van der Waals surface area (Å²) in [6, 6.07) is 13.0. The normalized spacial score (nSPS) is 17.6. The van der Waals surface area contributed by atoms with Gasteiger partial charge in [-0.05, 0) is 36.6 Å². The highest BCUT2D eigenvalue weighted by Gasteiger charge is 2.34. The smallest absolute Gasteiger partial charge is 0.267 e. The van der Waals surface area contributed by atoms with Gasteiger partial charge in [0.15, 0.2) is 11.5 Å². The maximum Gasteiger partial charge on any atom is 0.267 e. The van der Waals surface area contributed by atoms with Crippen LogP contribution in [0, 0.1) is 6.92 Å². The van der Waals surface area contributed by atoms with Gasteiger partial charge in [-0.2, -0.15) is 0 Å². The largest absolute Gasteiger partial charge is 0.485 e. The predicted octanol–water partition coefficient (Wildman–Crippen LogP) is 3.38. The molecule has 4 aromatic rings. The van der Waals surface area contributed by atoms with Gasteiger partial charge >= 0.3 is 0 Å². The minimum Gasteiger partial charge on any atom is -0.485 e. The molecule has 5 heterocycles. The predicted molar refractivity (Wildman–Crippen MR) is 129 cm³/mol. The Morgan fingerprint density at radius 2 is 1.80 bits per heavy atom. The van der Waals surface area contributed by atoms with Crippen LogP contribution in [0.2, 0.25) is 0 Å². The van der Waals surface area contributed by atoms with Gasteiger partial charge in [-0.1, -0.05) is 23.4 Å². The molecule has 35 heavy (non-hydrogen) atoms. The van der Waals surface area contributed by atoms with Crippen molar-refractivity contribution in [1.82, 2.24) is 19.9 Å². The van der Waals surface area contributed by atoms with Gasteiger partial charge in [-0.15, -0.1) is 11.3 Å². The van der Waals surface area contributed by atoms with E-state index in [1.165, 1.54) is 0 Å². The van der Waals surface area contributed by atoms with Crippen molar-refractivity contribution in [3.63, 3.8) is 0 Å². The Balaban J connectivity index is 1.18. The van der Waals surface area contributed by atoms with Gasteiger partial charge in [0, 0.05) is 26.2 Å². The third-order valence-electron chi connectivity index (χ3n) is 6.28. The molecule has 1 saturated heterocycles. The van der Waals surface area contributed by atoms with Crippen molar-refractivity contribution in [3.05, 3.63) is 59.1 Å². The van der Waals surface area contributed by atoms with E-state index < -0.39 is 6.10 Å². The highest BCUT2D eigenvalue weighted by molar-refractivity contribution is 7.13. The third kappa shape index (κ3) is 3.89. The number of para-hydroxylation sites is 2. The fourth-order valence-corrected chi connectivity index (χ4v) is 5.15.